The highest BCUT2D eigenvalue weighted by atomic mass is 32.2. The van der Waals surface area contributed by atoms with Crippen LogP contribution in [0.25, 0.3) is 0 Å². The highest BCUT2D eigenvalue weighted by Crippen LogP contribution is 2.37. The fourth-order valence-electron chi connectivity index (χ4n) is 4.68. The quantitative estimate of drug-likeness (QED) is 0.385. The molecule has 4 rings (SSSR count). The molecule has 2 aromatic rings. The summed E-state index contributed by atoms with van der Waals surface area (Å²) in [6.07, 6.45) is 0.590. The number of nitrogens with one attached hydrogen (secondary N) is 2. The van der Waals surface area contributed by atoms with E-state index in [0.29, 0.717) is 37.7 Å². The number of benzene rings is 2. The second kappa shape index (κ2) is 11.5. The van der Waals surface area contributed by atoms with E-state index in [1.54, 1.807) is 12.1 Å². The van der Waals surface area contributed by atoms with Crippen LogP contribution in [0.1, 0.15) is 19.3 Å². The molecule has 2 saturated heterocycles. The third-order valence-electron chi connectivity index (χ3n) is 6.82. The van der Waals surface area contributed by atoms with Crippen LogP contribution in [0.15, 0.2) is 52.3 Å². The minimum Gasteiger partial charge on any atom is -0.491 e. The lowest BCUT2D eigenvalue weighted by Gasteiger charge is -2.38. The molecule has 0 saturated carbocycles. The van der Waals surface area contributed by atoms with E-state index < -0.39 is 48.3 Å². The van der Waals surface area contributed by atoms with Crippen LogP contribution < -0.4 is 14.8 Å². The largest absolute Gasteiger partial charge is 0.491 e. The Labute approximate surface area is 221 Å². The molecule has 2 aliphatic rings. The zero-order chi connectivity index (χ0) is 27.6. The Morgan fingerprint density at radius 1 is 1.16 bits per heavy atom. The lowest BCUT2D eigenvalue weighted by atomic mass is 9.88. The fraction of sp³-hybridized carbons (Fsp3) is 0.500. The van der Waals surface area contributed by atoms with Crippen LogP contribution in [-0.2, 0) is 24.8 Å². The van der Waals surface area contributed by atoms with Crippen LogP contribution in [0.3, 0.4) is 0 Å². The average molecular weight is 576 g/mol. The predicted molar refractivity (Wildman–Crippen MR) is 134 cm³/mol. The van der Waals surface area contributed by atoms with E-state index in [4.69, 9.17) is 9.47 Å². The normalized spacial score (nSPS) is 21.0. The number of rotatable bonds is 10. The molecule has 0 bridgehead atoms. The van der Waals surface area contributed by atoms with Crippen molar-refractivity contribution in [3.8, 4) is 5.75 Å². The van der Waals surface area contributed by atoms with E-state index in [1.165, 1.54) is 23.5 Å². The maximum atomic E-state index is 14.1. The summed E-state index contributed by atoms with van der Waals surface area (Å²) < 4.78 is 91.8. The van der Waals surface area contributed by atoms with Crippen molar-refractivity contribution >= 4 is 20.0 Å². The monoisotopic (exact) mass is 575 g/mol. The molecule has 2 aliphatic heterocycles. The third-order valence-corrected chi connectivity index (χ3v) is 10.2. The fourth-order valence-corrected chi connectivity index (χ4v) is 6.94. The van der Waals surface area contributed by atoms with Crippen molar-refractivity contribution in [2.24, 2.45) is 0 Å². The van der Waals surface area contributed by atoms with Crippen LogP contribution in [0.5, 0.6) is 5.75 Å². The van der Waals surface area contributed by atoms with Crippen molar-refractivity contribution in [1.82, 2.24) is 14.3 Å². The van der Waals surface area contributed by atoms with Crippen molar-refractivity contribution in [2.45, 2.75) is 46.8 Å². The first kappa shape index (κ1) is 28.8. The van der Waals surface area contributed by atoms with Crippen molar-refractivity contribution in [3.05, 3.63) is 54.1 Å². The number of piperidine rings is 1. The maximum Gasteiger partial charge on any atom is 0.245 e. The summed E-state index contributed by atoms with van der Waals surface area (Å²) in [6.45, 7) is 0.830. The van der Waals surface area contributed by atoms with E-state index in [1.807, 2.05) is 0 Å². The first-order valence-corrected chi connectivity index (χ1v) is 15.0. The number of aliphatic hydroxyl groups is 1. The van der Waals surface area contributed by atoms with Crippen LogP contribution in [-0.4, -0.2) is 83.9 Å². The van der Waals surface area contributed by atoms with Gasteiger partial charge in [0.1, 0.15) is 35.0 Å². The Hall–Kier alpha value is -2.20. The number of nitrogens with zero attached hydrogens (tertiary/aromatic N) is 1. The van der Waals surface area contributed by atoms with Gasteiger partial charge in [0.15, 0.2) is 0 Å². The van der Waals surface area contributed by atoms with Gasteiger partial charge in [0.05, 0.1) is 17.1 Å². The van der Waals surface area contributed by atoms with Crippen LogP contribution >= 0.6 is 0 Å². The zero-order valence-electron chi connectivity index (χ0n) is 20.8. The Kier molecular flexibility index (Phi) is 8.71. The Morgan fingerprint density at radius 2 is 1.89 bits per heavy atom. The Morgan fingerprint density at radius 3 is 2.58 bits per heavy atom. The summed E-state index contributed by atoms with van der Waals surface area (Å²) in [7, 11) is -6.39. The highest BCUT2D eigenvalue weighted by Gasteiger charge is 2.45. The van der Waals surface area contributed by atoms with E-state index in [-0.39, 0.29) is 37.2 Å². The molecule has 2 heterocycles. The molecular weight excluding hydrogens is 544 g/mol. The molecule has 14 heteroatoms. The number of aliphatic hydroxyl groups excluding tert-OH is 1. The molecule has 2 aromatic carbocycles. The average Bonchev–Trinajstić information content (AvgIpc) is 3.28. The maximum absolute atomic E-state index is 14.1. The SMILES string of the molecule is CNS(=O)(=O)c1cccc(OCC(O)CNC2COC3(CCN(S(=O)(=O)c4ccc(F)cc4F)CC3)C2)c1. The number of sulfonamides is 2. The molecule has 0 aromatic heterocycles. The highest BCUT2D eigenvalue weighted by molar-refractivity contribution is 7.89. The molecule has 0 amide bonds. The molecule has 210 valence electrons. The number of hydrogen-bond acceptors (Lipinski definition) is 8. The molecule has 2 unspecified atom stereocenters. The molecule has 2 fully saturated rings. The zero-order valence-corrected chi connectivity index (χ0v) is 22.4. The predicted octanol–water partition coefficient (Wildman–Crippen LogP) is 1.21. The Balaban J connectivity index is 1.24. The molecule has 3 N–H and O–H groups in total. The van der Waals surface area contributed by atoms with Gasteiger partial charge in [0, 0.05) is 37.8 Å². The number of halogens is 2. The minimum atomic E-state index is -4.10. The first-order chi connectivity index (χ1) is 17.9. The first-order valence-electron chi connectivity index (χ1n) is 12.1. The van der Waals surface area contributed by atoms with Gasteiger partial charge in [0.2, 0.25) is 20.0 Å². The van der Waals surface area contributed by atoms with Crippen LogP contribution in [0.4, 0.5) is 8.78 Å². The smallest absolute Gasteiger partial charge is 0.245 e. The van der Waals surface area contributed by atoms with Gasteiger partial charge in [-0.15, -0.1) is 0 Å². The van der Waals surface area contributed by atoms with E-state index in [0.717, 1.165) is 12.1 Å². The van der Waals surface area contributed by atoms with E-state index in [9.17, 15) is 30.7 Å². The molecule has 0 radical (unpaired) electrons. The second-order valence-corrected chi connectivity index (χ2v) is 13.2. The lowest BCUT2D eigenvalue weighted by molar-refractivity contribution is -0.0312. The van der Waals surface area contributed by atoms with Gasteiger partial charge in [0.25, 0.3) is 0 Å². The molecule has 2 atom stereocenters. The molecular formula is C24H31F2N3O7S2. The van der Waals surface area contributed by atoms with Crippen LogP contribution in [0, 0.1) is 11.6 Å². The third kappa shape index (κ3) is 6.50. The van der Waals surface area contributed by atoms with Crippen LogP contribution in [0.2, 0.25) is 0 Å². The summed E-state index contributed by atoms with van der Waals surface area (Å²) in [4.78, 5) is -0.492. The van der Waals surface area contributed by atoms with Gasteiger partial charge in [-0.1, -0.05) is 6.07 Å². The minimum absolute atomic E-state index is 0.0540. The summed E-state index contributed by atoms with van der Waals surface area (Å²) >= 11 is 0. The molecule has 10 nitrogen and oxygen atoms in total. The van der Waals surface area contributed by atoms with Crippen molar-refractivity contribution in [3.63, 3.8) is 0 Å². The van der Waals surface area contributed by atoms with Crippen molar-refractivity contribution in [1.29, 1.82) is 0 Å². The van der Waals surface area contributed by atoms with Gasteiger partial charge < -0.3 is 19.9 Å². The number of hydrogen-bond donors (Lipinski definition) is 3. The van der Waals surface area contributed by atoms with Gasteiger partial charge in [-0.3, -0.25) is 0 Å². The Bertz CT molecular complexity index is 1350. The van der Waals surface area contributed by atoms with Crippen molar-refractivity contribution < 1.29 is 40.2 Å². The summed E-state index contributed by atoms with van der Waals surface area (Å²) in [5.41, 5.74) is -0.522. The van der Waals surface area contributed by atoms with E-state index >= 15 is 0 Å². The summed E-state index contributed by atoms with van der Waals surface area (Å²) in [5, 5.41) is 13.6. The standard InChI is InChI=1S/C24H31F2N3O7S2/c1-27-37(31,32)21-4-2-3-20(12-21)35-16-19(30)14-28-18-13-24(36-15-18)7-9-29(10-8-24)38(33,34)23-6-5-17(25)11-22(23)26/h2-6,11-12,18-19,27-28,30H,7-10,13-16H2,1H3. The summed E-state index contributed by atoms with van der Waals surface area (Å²) in [6, 6.07) is 8.30. The summed E-state index contributed by atoms with van der Waals surface area (Å²) in [5.74, 6) is -1.65. The van der Waals surface area contributed by atoms with Gasteiger partial charge >= 0.3 is 0 Å². The topological polar surface area (TPSA) is 134 Å². The lowest BCUT2D eigenvalue weighted by Crippen LogP contribution is -2.47. The van der Waals surface area contributed by atoms with Gasteiger partial charge in [-0.05, 0) is 50.6 Å². The second-order valence-electron chi connectivity index (χ2n) is 9.43. The van der Waals surface area contributed by atoms with E-state index in [2.05, 4.69) is 10.0 Å². The van der Waals surface area contributed by atoms with Gasteiger partial charge in [-0.2, -0.15) is 4.31 Å². The van der Waals surface area contributed by atoms with Crippen molar-refractivity contribution in [2.75, 3.05) is 39.9 Å². The molecule has 1 spiro atoms. The molecule has 0 aliphatic carbocycles. The van der Waals surface area contributed by atoms with Gasteiger partial charge in [-0.25, -0.2) is 30.3 Å². The molecule has 38 heavy (non-hydrogen) atoms. The number of ether oxygens (including phenoxy) is 2.